The highest BCUT2D eigenvalue weighted by molar-refractivity contribution is 9.10. The number of benzene rings is 2. The highest BCUT2D eigenvalue weighted by atomic mass is 79.9. The summed E-state index contributed by atoms with van der Waals surface area (Å²) in [4.78, 5) is 0. The molecule has 0 unspecified atom stereocenters. The lowest BCUT2D eigenvalue weighted by atomic mass is 9.97. The number of halogens is 1. The zero-order chi connectivity index (χ0) is 11.8. The predicted octanol–water partition coefficient (Wildman–Crippen LogP) is 3.88. The Hall–Kier alpha value is -0.930. The van der Waals surface area contributed by atoms with Crippen LogP contribution in [-0.2, 0) is 22.3 Å². The van der Waals surface area contributed by atoms with Crippen molar-refractivity contribution in [2.45, 2.75) is 11.5 Å². The van der Waals surface area contributed by atoms with E-state index < -0.39 is 10.8 Å². The molecule has 1 nitrogen and oxygen atoms in total. The summed E-state index contributed by atoms with van der Waals surface area (Å²) in [5, 5.41) is 0. The fourth-order valence-corrected chi connectivity index (χ4v) is 3.95. The lowest BCUT2D eigenvalue weighted by molar-refractivity contribution is 0.682. The average molecular weight is 307 g/mol. The average Bonchev–Trinajstić information content (AvgIpc) is 2.43. The monoisotopic (exact) mass is 306 g/mol. The minimum Gasteiger partial charge on any atom is -0.259 e. The Morgan fingerprint density at radius 2 is 1.65 bits per heavy atom. The Kier molecular flexibility index (Phi) is 2.89. The van der Waals surface area contributed by atoms with Gasteiger partial charge in [-0.3, -0.25) is 4.21 Å². The third-order valence-electron chi connectivity index (χ3n) is 3.01. The van der Waals surface area contributed by atoms with Crippen molar-refractivity contribution in [2.75, 3.05) is 0 Å². The first kappa shape index (κ1) is 11.2. The van der Waals surface area contributed by atoms with E-state index in [9.17, 15) is 4.21 Å². The molecule has 2 aromatic rings. The maximum atomic E-state index is 12.0. The van der Waals surface area contributed by atoms with Crippen molar-refractivity contribution in [1.29, 1.82) is 0 Å². The van der Waals surface area contributed by atoms with E-state index in [0.717, 1.165) is 4.47 Å². The summed E-state index contributed by atoms with van der Waals surface area (Å²) < 4.78 is 13.1. The van der Waals surface area contributed by atoms with Crippen LogP contribution < -0.4 is 0 Å². The van der Waals surface area contributed by atoms with E-state index in [0.29, 0.717) is 11.5 Å². The van der Waals surface area contributed by atoms with Crippen LogP contribution in [0.1, 0.15) is 11.1 Å². The quantitative estimate of drug-likeness (QED) is 0.722. The molecule has 1 aliphatic heterocycles. The lowest BCUT2D eigenvalue weighted by Crippen LogP contribution is -1.96. The Labute approximate surface area is 111 Å². The van der Waals surface area contributed by atoms with Crippen molar-refractivity contribution in [1.82, 2.24) is 0 Å². The molecule has 1 aliphatic rings. The maximum Gasteiger partial charge on any atom is 0.0495 e. The Bertz CT molecular complexity index is 607. The van der Waals surface area contributed by atoms with Crippen LogP contribution in [0.5, 0.6) is 0 Å². The van der Waals surface area contributed by atoms with E-state index in [1.165, 1.54) is 22.3 Å². The predicted molar refractivity (Wildman–Crippen MR) is 75.1 cm³/mol. The highest BCUT2D eigenvalue weighted by Gasteiger charge is 2.17. The molecular formula is C14H11BrOS. The standard InChI is InChI=1S/C14H11BrOS/c15-12-5-6-14-11(7-12)9-17(16)8-10-3-1-2-4-13(10)14/h1-7H,8-9H2/t17-/m0/s1. The van der Waals surface area contributed by atoms with Gasteiger partial charge in [0.15, 0.2) is 0 Å². The normalized spacial score (nSPS) is 18.1. The van der Waals surface area contributed by atoms with Gasteiger partial charge in [-0.2, -0.15) is 0 Å². The van der Waals surface area contributed by atoms with E-state index in [1.807, 2.05) is 18.2 Å². The molecule has 0 fully saturated rings. The van der Waals surface area contributed by atoms with Crippen LogP contribution in [0.15, 0.2) is 46.9 Å². The Morgan fingerprint density at radius 3 is 2.53 bits per heavy atom. The molecule has 0 amide bonds. The van der Waals surface area contributed by atoms with Crippen LogP contribution in [0.2, 0.25) is 0 Å². The molecule has 0 radical (unpaired) electrons. The van der Waals surface area contributed by atoms with Gasteiger partial charge in [0.1, 0.15) is 0 Å². The zero-order valence-electron chi connectivity index (χ0n) is 9.15. The second-order valence-corrected chi connectivity index (χ2v) is 6.56. The fraction of sp³-hybridized carbons (Fsp3) is 0.143. The van der Waals surface area contributed by atoms with Gasteiger partial charge in [-0.05, 0) is 34.4 Å². The van der Waals surface area contributed by atoms with Crippen LogP contribution in [0, 0.1) is 0 Å². The zero-order valence-corrected chi connectivity index (χ0v) is 11.6. The topological polar surface area (TPSA) is 17.1 Å². The molecule has 2 aromatic carbocycles. The van der Waals surface area contributed by atoms with Gasteiger partial charge >= 0.3 is 0 Å². The van der Waals surface area contributed by atoms with Crippen LogP contribution in [0.25, 0.3) is 11.1 Å². The van der Waals surface area contributed by atoms with Crippen molar-refractivity contribution in [2.24, 2.45) is 0 Å². The first-order valence-electron chi connectivity index (χ1n) is 5.46. The summed E-state index contributed by atoms with van der Waals surface area (Å²) in [6.45, 7) is 0. The van der Waals surface area contributed by atoms with Crippen LogP contribution in [0.4, 0.5) is 0 Å². The molecule has 0 saturated carbocycles. The first-order chi connectivity index (χ1) is 8.24. The van der Waals surface area contributed by atoms with E-state index in [1.54, 1.807) is 0 Å². The molecule has 0 spiro atoms. The summed E-state index contributed by atoms with van der Waals surface area (Å²) in [7, 11) is -0.809. The summed E-state index contributed by atoms with van der Waals surface area (Å²) in [6, 6.07) is 14.5. The van der Waals surface area contributed by atoms with Crippen molar-refractivity contribution < 1.29 is 4.21 Å². The molecule has 17 heavy (non-hydrogen) atoms. The molecule has 1 atom stereocenters. The molecule has 0 aliphatic carbocycles. The Balaban J connectivity index is 2.29. The first-order valence-corrected chi connectivity index (χ1v) is 7.74. The van der Waals surface area contributed by atoms with Crippen LogP contribution in [-0.4, -0.2) is 4.21 Å². The maximum absolute atomic E-state index is 12.0. The second-order valence-electron chi connectivity index (χ2n) is 4.19. The molecule has 86 valence electrons. The minimum atomic E-state index is -0.809. The van der Waals surface area contributed by atoms with Crippen molar-refractivity contribution in [3.8, 4) is 11.1 Å². The fourth-order valence-electron chi connectivity index (χ4n) is 2.25. The number of rotatable bonds is 0. The van der Waals surface area contributed by atoms with Crippen molar-refractivity contribution >= 4 is 26.7 Å². The van der Waals surface area contributed by atoms with E-state index in [4.69, 9.17) is 0 Å². The Morgan fingerprint density at radius 1 is 0.941 bits per heavy atom. The number of hydrogen-bond acceptors (Lipinski definition) is 1. The van der Waals surface area contributed by atoms with Gasteiger partial charge in [0.2, 0.25) is 0 Å². The van der Waals surface area contributed by atoms with Gasteiger partial charge in [0, 0.05) is 26.8 Å². The SMILES string of the molecule is O=[S@]1Cc2ccccc2-c2ccc(Br)cc2C1. The summed E-state index contributed by atoms with van der Waals surface area (Å²) in [6.07, 6.45) is 0. The second kappa shape index (κ2) is 4.39. The van der Waals surface area contributed by atoms with Gasteiger partial charge in [0.25, 0.3) is 0 Å². The molecule has 0 saturated heterocycles. The molecule has 0 N–H and O–H groups in total. The van der Waals surface area contributed by atoms with Crippen molar-refractivity contribution in [3.63, 3.8) is 0 Å². The number of fused-ring (bicyclic) bond motifs is 3. The smallest absolute Gasteiger partial charge is 0.0495 e. The number of hydrogen-bond donors (Lipinski definition) is 0. The molecule has 3 heteroatoms. The third-order valence-corrected chi connectivity index (χ3v) is 4.77. The molecular weight excluding hydrogens is 296 g/mol. The highest BCUT2D eigenvalue weighted by Crippen LogP contribution is 2.33. The summed E-state index contributed by atoms with van der Waals surface area (Å²) in [5.74, 6) is 1.30. The van der Waals surface area contributed by atoms with E-state index in [2.05, 4.69) is 40.2 Å². The van der Waals surface area contributed by atoms with Gasteiger partial charge in [-0.25, -0.2) is 0 Å². The summed E-state index contributed by atoms with van der Waals surface area (Å²) in [5.41, 5.74) is 4.80. The molecule has 1 heterocycles. The molecule has 0 aromatic heterocycles. The molecule has 0 bridgehead atoms. The van der Waals surface area contributed by atoms with E-state index >= 15 is 0 Å². The largest absolute Gasteiger partial charge is 0.259 e. The van der Waals surface area contributed by atoms with Gasteiger partial charge in [0.05, 0.1) is 0 Å². The van der Waals surface area contributed by atoms with Crippen LogP contribution >= 0.6 is 15.9 Å². The third kappa shape index (κ3) is 2.09. The lowest BCUT2D eigenvalue weighted by Gasteiger charge is -2.08. The van der Waals surface area contributed by atoms with Gasteiger partial charge in [-0.15, -0.1) is 0 Å². The summed E-state index contributed by atoms with van der Waals surface area (Å²) >= 11 is 3.48. The van der Waals surface area contributed by atoms with Crippen LogP contribution in [0.3, 0.4) is 0 Å². The van der Waals surface area contributed by atoms with Gasteiger partial charge < -0.3 is 0 Å². The molecule has 3 rings (SSSR count). The van der Waals surface area contributed by atoms with Crippen molar-refractivity contribution in [3.05, 3.63) is 58.1 Å². The van der Waals surface area contributed by atoms with E-state index in [-0.39, 0.29) is 0 Å². The minimum absolute atomic E-state index is 0.642. The van der Waals surface area contributed by atoms with Gasteiger partial charge in [-0.1, -0.05) is 46.3 Å².